The summed E-state index contributed by atoms with van der Waals surface area (Å²) >= 11 is 0. The molecule has 3 rings (SSSR count). The highest BCUT2D eigenvalue weighted by Gasteiger charge is 2.40. The number of unbranched alkanes of at least 4 members (excludes halogenated alkanes) is 3. The molecule has 7 heteroatoms. The molecule has 0 unspecified atom stereocenters. The van der Waals surface area contributed by atoms with Crippen LogP contribution < -0.4 is 23.4 Å². The maximum Gasteiger partial charge on any atom is 0.250 e. The molecule has 0 saturated heterocycles. The van der Waals surface area contributed by atoms with E-state index in [1.807, 2.05) is 30.3 Å². The van der Waals surface area contributed by atoms with Gasteiger partial charge in [0.25, 0.3) is 8.32 Å². The molecular weight excluding hydrogens is 520 g/mol. The average Bonchev–Trinajstić information content (AvgIpc) is 2.89. The van der Waals surface area contributed by atoms with Gasteiger partial charge in [-0.1, -0.05) is 66.9 Å². The first-order valence-electron chi connectivity index (χ1n) is 15.2. The molecule has 1 heterocycles. The third-order valence-electron chi connectivity index (χ3n) is 7.90. The lowest BCUT2D eigenvalue weighted by molar-refractivity contribution is 0.0194. The van der Waals surface area contributed by atoms with E-state index in [2.05, 4.69) is 54.6 Å². The molecule has 0 aliphatic carbocycles. The SMILES string of the molecule is CCCCOc1cc(OCCCC)c2c(c1)O[C@H](c1ccc(OCCCC)c(O[Si](C)(C)C(C)(C)C)c1)[C@@H](O)C2. The smallest absolute Gasteiger partial charge is 0.250 e. The third kappa shape index (κ3) is 8.32. The normalized spacial score (nSPS) is 17.1. The number of fused-ring (bicyclic) bond motifs is 1. The fourth-order valence-corrected chi connectivity index (χ4v) is 5.27. The van der Waals surface area contributed by atoms with Crippen LogP contribution in [0, 0.1) is 0 Å². The first-order chi connectivity index (χ1) is 19.0. The molecule has 1 aliphatic rings. The quantitative estimate of drug-likeness (QED) is 0.170. The second-order valence-electron chi connectivity index (χ2n) is 12.4. The molecule has 2 aromatic carbocycles. The van der Waals surface area contributed by atoms with E-state index >= 15 is 0 Å². The Bertz CT molecular complexity index is 1080. The van der Waals surface area contributed by atoms with Crippen molar-refractivity contribution >= 4 is 8.32 Å². The van der Waals surface area contributed by atoms with Gasteiger partial charge in [0, 0.05) is 24.1 Å². The largest absolute Gasteiger partial charge is 0.541 e. The molecule has 0 saturated carbocycles. The summed E-state index contributed by atoms with van der Waals surface area (Å²) < 4.78 is 31.6. The second-order valence-corrected chi connectivity index (χ2v) is 17.1. The molecule has 224 valence electrons. The number of ether oxygens (including phenoxy) is 4. The van der Waals surface area contributed by atoms with Gasteiger partial charge in [0.1, 0.15) is 29.1 Å². The van der Waals surface area contributed by atoms with E-state index in [-0.39, 0.29) is 5.04 Å². The Kier molecular flexibility index (Phi) is 11.6. The van der Waals surface area contributed by atoms with Crippen molar-refractivity contribution < 1.29 is 28.5 Å². The van der Waals surface area contributed by atoms with Crippen molar-refractivity contribution in [1.82, 2.24) is 0 Å². The van der Waals surface area contributed by atoms with Crippen LogP contribution in [-0.4, -0.2) is 39.3 Å². The number of aliphatic hydroxyl groups is 1. The first kappa shape index (κ1) is 32.1. The molecule has 2 atom stereocenters. The van der Waals surface area contributed by atoms with E-state index in [1.165, 1.54) is 0 Å². The van der Waals surface area contributed by atoms with Crippen LogP contribution in [0.5, 0.6) is 28.7 Å². The molecule has 40 heavy (non-hydrogen) atoms. The van der Waals surface area contributed by atoms with Crippen molar-refractivity contribution in [2.75, 3.05) is 19.8 Å². The summed E-state index contributed by atoms with van der Waals surface area (Å²) in [5.41, 5.74) is 1.75. The number of hydrogen-bond acceptors (Lipinski definition) is 6. The van der Waals surface area contributed by atoms with Crippen LogP contribution in [0.4, 0.5) is 0 Å². The Morgan fingerprint density at radius 1 is 0.825 bits per heavy atom. The lowest BCUT2D eigenvalue weighted by Gasteiger charge is -2.37. The van der Waals surface area contributed by atoms with Gasteiger partial charge in [0.2, 0.25) is 0 Å². The van der Waals surface area contributed by atoms with Crippen LogP contribution >= 0.6 is 0 Å². The summed E-state index contributed by atoms with van der Waals surface area (Å²) in [5, 5.41) is 11.4. The summed E-state index contributed by atoms with van der Waals surface area (Å²) in [6.07, 6.45) is 5.25. The Labute approximate surface area is 243 Å². The molecule has 0 radical (unpaired) electrons. The van der Waals surface area contributed by atoms with E-state index in [4.69, 9.17) is 23.4 Å². The molecule has 0 spiro atoms. The maximum atomic E-state index is 11.3. The Balaban J connectivity index is 1.95. The van der Waals surface area contributed by atoms with E-state index in [0.29, 0.717) is 32.0 Å². The Morgan fingerprint density at radius 2 is 1.43 bits per heavy atom. The highest BCUT2D eigenvalue weighted by Crippen LogP contribution is 2.45. The Hall–Kier alpha value is -2.38. The minimum atomic E-state index is -2.14. The molecule has 6 nitrogen and oxygen atoms in total. The van der Waals surface area contributed by atoms with Gasteiger partial charge in [0.05, 0.1) is 25.9 Å². The number of aliphatic hydroxyl groups excluding tert-OH is 1. The number of rotatable bonds is 15. The van der Waals surface area contributed by atoms with Gasteiger partial charge >= 0.3 is 0 Å². The van der Waals surface area contributed by atoms with Crippen molar-refractivity contribution in [3.05, 3.63) is 41.5 Å². The van der Waals surface area contributed by atoms with Gasteiger partial charge in [-0.25, -0.2) is 0 Å². The van der Waals surface area contributed by atoms with Gasteiger partial charge in [-0.3, -0.25) is 0 Å². The van der Waals surface area contributed by atoms with Crippen LogP contribution in [-0.2, 0) is 6.42 Å². The van der Waals surface area contributed by atoms with Crippen LogP contribution in [0.25, 0.3) is 0 Å². The molecule has 0 aromatic heterocycles. The second kappa shape index (κ2) is 14.5. The average molecular weight is 573 g/mol. The summed E-state index contributed by atoms with van der Waals surface area (Å²) in [6, 6.07) is 9.82. The van der Waals surface area contributed by atoms with Crippen molar-refractivity contribution in [2.24, 2.45) is 0 Å². The lowest BCUT2D eigenvalue weighted by Crippen LogP contribution is -2.44. The first-order valence-corrected chi connectivity index (χ1v) is 18.1. The van der Waals surface area contributed by atoms with Crippen molar-refractivity contribution in [3.8, 4) is 28.7 Å². The highest BCUT2D eigenvalue weighted by atomic mass is 28.4. The van der Waals surface area contributed by atoms with E-state index in [0.717, 1.165) is 72.6 Å². The molecule has 2 aromatic rings. The summed E-state index contributed by atoms with van der Waals surface area (Å²) in [4.78, 5) is 0. The lowest BCUT2D eigenvalue weighted by atomic mass is 9.93. The molecule has 1 aliphatic heterocycles. The van der Waals surface area contributed by atoms with E-state index in [1.54, 1.807) is 0 Å². The third-order valence-corrected chi connectivity index (χ3v) is 12.2. The van der Waals surface area contributed by atoms with Crippen molar-refractivity contribution in [3.63, 3.8) is 0 Å². The van der Waals surface area contributed by atoms with Gasteiger partial charge in [-0.05, 0) is 55.1 Å². The van der Waals surface area contributed by atoms with E-state index < -0.39 is 20.5 Å². The number of benzene rings is 2. The minimum absolute atomic E-state index is 0.0336. The fraction of sp³-hybridized carbons (Fsp3) is 0.636. The fourth-order valence-electron chi connectivity index (χ4n) is 4.25. The molecular formula is C33H52O6Si. The zero-order chi connectivity index (χ0) is 29.3. The standard InChI is InChI=1S/C33H52O6Si/c1-9-12-17-35-25-21-29(37-19-14-11-3)26-23-27(34)32(38-30(26)22-25)24-15-16-28(36-18-13-10-2)31(20-24)39-40(7,8)33(4,5)6/h15-16,20-22,27,32,34H,9-14,17-19,23H2,1-8H3/t27-,32+/m0/s1. The number of hydrogen-bond donors (Lipinski definition) is 1. The van der Waals surface area contributed by atoms with Crippen LogP contribution in [0.15, 0.2) is 30.3 Å². The van der Waals surface area contributed by atoms with Crippen LogP contribution in [0.3, 0.4) is 0 Å². The monoisotopic (exact) mass is 572 g/mol. The molecule has 0 bridgehead atoms. The van der Waals surface area contributed by atoms with Crippen LogP contribution in [0.2, 0.25) is 18.1 Å². The van der Waals surface area contributed by atoms with Gasteiger partial charge in [0.15, 0.2) is 5.75 Å². The molecule has 0 fully saturated rings. The predicted octanol–water partition coefficient (Wildman–Crippen LogP) is 8.64. The van der Waals surface area contributed by atoms with Crippen LogP contribution in [0.1, 0.15) is 97.3 Å². The molecule has 1 N–H and O–H groups in total. The minimum Gasteiger partial charge on any atom is -0.541 e. The summed E-state index contributed by atoms with van der Waals surface area (Å²) in [6.45, 7) is 19.5. The highest BCUT2D eigenvalue weighted by molar-refractivity contribution is 6.74. The summed E-state index contributed by atoms with van der Waals surface area (Å²) in [5.74, 6) is 3.63. The molecule has 0 amide bonds. The summed E-state index contributed by atoms with van der Waals surface area (Å²) in [7, 11) is -2.14. The van der Waals surface area contributed by atoms with Gasteiger partial charge < -0.3 is 28.5 Å². The van der Waals surface area contributed by atoms with E-state index in [9.17, 15) is 5.11 Å². The van der Waals surface area contributed by atoms with Crippen molar-refractivity contribution in [1.29, 1.82) is 0 Å². The zero-order valence-corrected chi connectivity index (χ0v) is 27.1. The van der Waals surface area contributed by atoms with Crippen molar-refractivity contribution in [2.45, 2.75) is 117 Å². The zero-order valence-electron chi connectivity index (χ0n) is 26.1. The predicted molar refractivity (Wildman–Crippen MR) is 165 cm³/mol. The Morgan fingerprint density at radius 3 is 2.02 bits per heavy atom. The maximum absolute atomic E-state index is 11.3. The topological polar surface area (TPSA) is 66.4 Å². The van der Waals surface area contributed by atoms with Gasteiger partial charge in [-0.2, -0.15) is 0 Å². The van der Waals surface area contributed by atoms with Gasteiger partial charge in [-0.15, -0.1) is 0 Å².